The number of amides is 1. The van der Waals surface area contributed by atoms with Crippen LogP contribution in [-0.4, -0.2) is 30.1 Å². The van der Waals surface area contributed by atoms with Gasteiger partial charge in [-0.25, -0.2) is 0 Å². The van der Waals surface area contributed by atoms with E-state index in [0.717, 1.165) is 16.7 Å². The van der Waals surface area contributed by atoms with Crippen LogP contribution in [0.3, 0.4) is 0 Å². The zero-order chi connectivity index (χ0) is 20.5. The molecule has 0 saturated heterocycles. The number of benzene rings is 1. The second kappa shape index (κ2) is 10.2. The third kappa shape index (κ3) is 5.52. The average molecular weight is 392 g/mol. The van der Waals surface area contributed by atoms with Crippen molar-refractivity contribution in [3.63, 3.8) is 0 Å². The number of ether oxygens (including phenoxy) is 2. The van der Waals surface area contributed by atoms with E-state index in [0.29, 0.717) is 24.6 Å². The molecule has 1 aromatic carbocycles. The van der Waals surface area contributed by atoms with Crippen LogP contribution in [0.15, 0.2) is 67.3 Å². The lowest BCUT2D eigenvalue weighted by Gasteiger charge is -2.20. The molecule has 7 nitrogen and oxygen atoms in total. The van der Waals surface area contributed by atoms with Gasteiger partial charge in [-0.2, -0.15) is 0 Å². The maximum atomic E-state index is 13.0. The molecule has 0 radical (unpaired) electrons. The summed E-state index contributed by atoms with van der Waals surface area (Å²) in [7, 11) is 3.16. The molecule has 3 aromatic rings. The summed E-state index contributed by atoms with van der Waals surface area (Å²) in [5.41, 5.74) is 2.80. The van der Waals surface area contributed by atoms with Crippen molar-refractivity contribution in [2.24, 2.45) is 0 Å². The van der Waals surface area contributed by atoms with Crippen LogP contribution in [0.2, 0.25) is 0 Å². The summed E-state index contributed by atoms with van der Waals surface area (Å²) in [5, 5.41) is 6.31. The third-order valence-electron chi connectivity index (χ3n) is 4.48. The molecule has 1 amide bonds. The van der Waals surface area contributed by atoms with Gasteiger partial charge < -0.3 is 14.8 Å². The van der Waals surface area contributed by atoms with Crippen molar-refractivity contribution in [3.8, 4) is 11.5 Å². The van der Waals surface area contributed by atoms with Gasteiger partial charge in [0, 0.05) is 37.9 Å². The highest BCUT2D eigenvalue weighted by molar-refractivity contribution is 5.83. The third-order valence-corrected chi connectivity index (χ3v) is 4.48. The Morgan fingerprint density at radius 2 is 1.45 bits per heavy atom. The SMILES string of the molecule is COc1ccc(C(NCc2ccncc2)C(=O)NCc2ccncc2)cc1OC. The number of nitrogens with one attached hydrogen (secondary N) is 2. The van der Waals surface area contributed by atoms with Gasteiger partial charge in [0.25, 0.3) is 0 Å². The van der Waals surface area contributed by atoms with E-state index in [2.05, 4.69) is 20.6 Å². The Morgan fingerprint density at radius 1 is 0.862 bits per heavy atom. The first-order valence-corrected chi connectivity index (χ1v) is 9.22. The summed E-state index contributed by atoms with van der Waals surface area (Å²) in [6, 6.07) is 12.5. The van der Waals surface area contributed by atoms with Crippen molar-refractivity contribution < 1.29 is 14.3 Å². The fraction of sp³-hybridized carbons (Fsp3) is 0.227. The molecule has 0 aliphatic heterocycles. The molecule has 150 valence electrons. The Morgan fingerprint density at radius 3 is 2.03 bits per heavy atom. The summed E-state index contributed by atoms with van der Waals surface area (Å²) in [5.74, 6) is 1.05. The van der Waals surface area contributed by atoms with Gasteiger partial charge in [0.2, 0.25) is 5.91 Å². The smallest absolute Gasteiger partial charge is 0.242 e. The number of rotatable bonds is 9. The lowest BCUT2D eigenvalue weighted by Crippen LogP contribution is -2.37. The fourth-order valence-corrected chi connectivity index (χ4v) is 2.91. The molecule has 1 unspecified atom stereocenters. The highest BCUT2D eigenvalue weighted by Gasteiger charge is 2.21. The number of carbonyl (C=O) groups is 1. The van der Waals surface area contributed by atoms with Gasteiger partial charge in [-0.1, -0.05) is 6.07 Å². The minimum Gasteiger partial charge on any atom is -0.493 e. The van der Waals surface area contributed by atoms with Gasteiger partial charge in [0.1, 0.15) is 6.04 Å². The van der Waals surface area contributed by atoms with E-state index in [-0.39, 0.29) is 5.91 Å². The number of pyridine rings is 2. The van der Waals surface area contributed by atoms with Gasteiger partial charge in [-0.15, -0.1) is 0 Å². The van der Waals surface area contributed by atoms with E-state index >= 15 is 0 Å². The number of hydrogen-bond acceptors (Lipinski definition) is 6. The topological polar surface area (TPSA) is 85.4 Å². The normalized spacial score (nSPS) is 11.5. The molecule has 0 aliphatic carbocycles. The number of carbonyl (C=O) groups excluding carboxylic acids is 1. The first-order valence-electron chi connectivity index (χ1n) is 9.22. The highest BCUT2D eigenvalue weighted by atomic mass is 16.5. The first-order chi connectivity index (χ1) is 14.2. The van der Waals surface area contributed by atoms with Gasteiger partial charge in [-0.3, -0.25) is 20.1 Å². The Labute approximate surface area is 170 Å². The minimum atomic E-state index is -0.565. The minimum absolute atomic E-state index is 0.136. The molecule has 0 saturated carbocycles. The highest BCUT2D eigenvalue weighted by Crippen LogP contribution is 2.30. The Bertz CT molecular complexity index is 920. The molecule has 0 aliphatic rings. The van der Waals surface area contributed by atoms with Crippen LogP contribution in [0, 0.1) is 0 Å². The largest absolute Gasteiger partial charge is 0.493 e. The lowest BCUT2D eigenvalue weighted by atomic mass is 10.0. The van der Waals surface area contributed by atoms with E-state index in [1.165, 1.54) is 0 Å². The second-order valence-corrected chi connectivity index (χ2v) is 6.36. The number of aromatic nitrogens is 2. The number of methoxy groups -OCH3 is 2. The van der Waals surface area contributed by atoms with Crippen molar-refractivity contribution >= 4 is 5.91 Å². The van der Waals surface area contributed by atoms with E-state index in [4.69, 9.17) is 9.47 Å². The average Bonchev–Trinajstić information content (AvgIpc) is 2.79. The Balaban J connectivity index is 1.79. The van der Waals surface area contributed by atoms with Crippen molar-refractivity contribution in [2.75, 3.05) is 14.2 Å². The fourth-order valence-electron chi connectivity index (χ4n) is 2.91. The molecule has 2 N–H and O–H groups in total. The van der Waals surface area contributed by atoms with Gasteiger partial charge in [0.05, 0.1) is 14.2 Å². The summed E-state index contributed by atoms with van der Waals surface area (Å²) in [6.07, 6.45) is 6.86. The van der Waals surface area contributed by atoms with Crippen LogP contribution in [0.5, 0.6) is 11.5 Å². The van der Waals surface area contributed by atoms with E-state index in [1.807, 2.05) is 36.4 Å². The van der Waals surface area contributed by atoms with Crippen LogP contribution in [0.1, 0.15) is 22.7 Å². The number of hydrogen-bond donors (Lipinski definition) is 2. The first kappa shape index (κ1) is 20.3. The van der Waals surface area contributed by atoms with Crippen molar-refractivity contribution in [2.45, 2.75) is 19.1 Å². The molecule has 0 spiro atoms. The van der Waals surface area contributed by atoms with Crippen LogP contribution in [0.4, 0.5) is 0 Å². The molecule has 0 bridgehead atoms. The molecule has 1 atom stereocenters. The van der Waals surface area contributed by atoms with Gasteiger partial charge >= 0.3 is 0 Å². The summed E-state index contributed by atoms with van der Waals surface area (Å²) >= 11 is 0. The molecule has 7 heteroatoms. The van der Waals surface area contributed by atoms with Crippen molar-refractivity contribution in [3.05, 3.63) is 83.9 Å². The zero-order valence-corrected chi connectivity index (χ0v) is 16.5. The standard InChI is InChI=1S/C22H24N4O3/c1-28-19-4-3-18(13-20(19)29-2)21(25-14-16-5-9-23-10-6-16)22(27)26-15-17-7-11-24-12-8-17/h3-13,21,25H,14-15H2,1-2H3,(H,26,27). The molecule has 29 heavy (non-hydrogen) atoms. The summed E-state index contributed by atoms with van der Waals surface area (Å²) in [6.45, 7) is 0.937. The predicted molar refractivity (Wildman–Crippen MR) is 109 cm³/mol. The van der Waals surface area contributed by atoms with E-state index in [1.54, 1.807) is 45.1 Å². The van der Waals surface area contributed by atoms with Crippen molar-refractivity contribution in [1.29, 1.82) is 0 Å². The number of nitrogens with zero attached hydrogens (tertiary/aromatic N) is 2. The van der Waals surface area contributed by atoms with Crippen molar-refractivity contribution in [1.82, 2.24) is 20.6 Å². The molecule has 2 aromatic heterocycles. The second-order valence-electron chi connectivity index (χ2n) is 6.36. The van der Waals surface area contributed by atoms with E-state index < -0.39 is 6.04 Å². The predicted octanol–water partition coefficient (Wildman–Crippen LogP) is 2.64. The Kier molecular flexibility index (Phi) is 7.13. The van der Waals surface area contributed by atoms with Crippen LogP contribution in [0.25, 0.3) is 0 Å². The molecular formula is C22H24N4O3. The molecule has 2 heterocycles. The van der Waals surface area contributed by atoms with E-state index in [9.17, 15) is 4.79 Å². The van der Waals surface area contributed by atoms with Gasteiger partial charge in [-0.05, 0) is 53.1 Å². The molecule has 3 rings (SSSR count). The lowest BCUT2D eigenvalue weighted by molar-refractivity contribution is -0.123. The monoisotopic (exact) mass is 392 g/mol. The summed E-state index contributed by atoms with van der Waals surface area (Å²) < 4.78 is 10.7. The molecular weight excluding hydrogens is 368 g/mol. The summed E-state index contributed by atoms with van der Waals surface area (Å²) in [4.78, 5) is 21.0. The zero-order valence-electron chi connectivity index (χ0n) is 16.5. The van der Waals surface area contributed by atoms with Crippen LogP contribution >= 0.6 is 0 Å². The molecule has 0 fully saturated rings. The maximum Gasteiger partial charge on any atom is 0.242 e. The van der Waals surface area contributed by atoms with Crippen LogP contribution < -0.4 is 20.1 Å². The quantitative estimate of drug-likeness (QED) is 0.582. The Hall–Kier alpha value is -3.45. The van der Waals surface area contributed by atoms with Crippen LogP contribution in [-0.2, 0) is 17.9 Å². The maximum absolute atomic E-state index is 13.0. The van der Waals surface area contributed by atoms with Gasteiger partial charge in [0.15, 0.2) is 11.5 Å².